The monoisotopic (exact) mass is 278 g/mol. The fourth-order valence-corrected chi connectivity index (χ4v) is 3.47. The number of aldehydes is 1. The Morgan fingerprint density at radius 2 is 1.95 bits per heavy atom. The second-order valence-corrected chi connectivity index (χ2v) is 6.11. The first kappa shape index (κ1) is 13.5. The molecule has 0 saturated heterocycles. The van der Waals surface area contributed by atoms with Gasteiger partial charge in [-0.1, -0.05) is 25.1 Å². The first-order valence-electron chi connectivity index (χ1n) is 5.91. The molecule has 100 valence electrons. The maximum Gasteiger partial charge on any atom is 0.196 e. The summed E-state index contributed by atoms with van der Waals surface area (Å²) in [7, 11) is -3.52. The number of rotatable bonds is 5. The van der Waals surface area contributed by atoms with Crippen molar-refractivity contribution in [3.63, 3.8) is 0 Å². The smallest absolute Gasteiger partial charge is 0.196 e. The zero-order valence-electron chi connectivity index (χ0n) is 10.5. The lowest BCUT2D eigenvalue weighted by Crippen LogP contribution is -2.14. The first-order valence-corrected chi connectivity index (χ1v) is 7.56. The van der Waals surface area contributed by atoms with Gasteiger partial charge in [0.15, 0.2) is 21.1 Å². The largest absolute Gasteiger partial charge is 0.298 e. The number of hydrogen-bond acceptors (Lipinski definition) is 4. The Morgan fingerprint density at radius 1 is 1.26 bits per heavy atom. The van der Waals surface area contributed by atoms with Gasteiger partial charge in [-0.2, -0.15) is 5.10 Å². The molecule has 0 fully saturated rings. The van der Waals surface area contributed by atoms with Crippen LogP contribution in [0.2, 0.25) is 0 Å². The second kappa shape index (κ2) is 5.36. The van der Waals surface area contributed by atoms with E-state index in [0.29, 0.717) is 18.4 Å². The molecule has 0 aliphatic heterocycles. The maximum atomic E-state index is 12.2. The van der Waals surface area contributed by atoms with E-state index in [1.807, 2.05) is 6.07 Å². The molecular weight excluding hydrogens is 264 g/mol. The van der Waals surface area contributed by atoms with Crippen molar-refractivity contribution in [2.75, 3.05) is 5.75 Å². The van der Waals surface area contributed by atoms with Crippen LogP contribution in [0.25, 0.3) is 5.69 Å². The van der Waals surface area contributed by atoms with Crippen LogP contribution in [-0.2, 0) is 9.84 Å². The van der Waals surface area contributed by atoms with Gasteiger partial charge >= 0.3 is 0 Å². The highest BCUT2D eigenvalue weighted by Gasteiger charge is 2.24. The van der Waals surface area contributed by atoms with Crippen molar-refractivity contribution in [2.45, 2.75) is 18.4 Å². The zero-order chi connectivity index (χ0) is 13.9. The molecule has 0 N–H and O–H groups in total. The van der Waals surface area contributed by atoms with Crippen molar-refractivity contribution < 1.29 is 13.2 Å². The zero-order valence-corrected chi connectivity index (χ0v) is 11.3. The number of aromatic nitrogens is 2. The van der Waals surface area contributed by atoms with Crippen LogP contribution in [0.5, 0.6) is 0 Å². The van der Waals surface area contributed by atoms with Crippen LogP contribution in [0.15, 0.2) is 41.6 Å². The topological polar surface area (TPSA) is 69.0 Å². The summed E-state index contributed by atoms with van der Waals surface area (Å²) in [5.74, 6) is -0.00757. The number of benzene rings is 1. The van der Waals surface area contributed by atoms with E-state index >= 15 is 0 Å². The molecule has 0 saturated carbocycles. The predicted molar refractivity (Wildman–Crippen MR) is 71.3 cm³/mol. The number of hydrogen-bond donors (Lipinski definition) is 0. The molecule has 0 atom stereocenters. The fraction of sp³-hybridized carbons (Fsp3) is 0.231. The van der Waals surface area contributed by atoms with E-state index in [1.54, 1.807) is 31.2 Å². The van der Waals surface area contributed by atoms with Crippen LogP contribution in [0, 0.1) is 0 Å². The summed E-state index contributed by atoms with van der Waals surface area (Å²) < 4.78 is 25.8. The third-order valence-electron chi connectivity index (χ3n) is 2.65. The number of carbonyl (C=O) groups is 1. The molecular formula is C13H14N2O3S. The summed E-state index contributed by atoms with van der Waals surface area (Å²) >= 11 is 0. The molecule has 5 nitrogen and oxygen atoms in total. The third-order valence-corrected chi connectivity index (χ3v) is 4.59. The summed E-state index contributed by atoms with van der Waals surface area (Å²) in [4.78, 5) is 11.0. The molecule has 1 aromatic carbocycles. The molecule has 0 aliphatic carbocycles. The number of sulfone groups is 1. The Balaban J connectivity index is 2.65. The van der Waals surface area contributed by atoms with E-state index in [-0.39, 0.29) is 16.3 Å². The quantitative estimate of drug-likeness (QED) is 0.783. The van der Waals surface area contributed by atoms with Crippen molar-refractivity contribution >= 4 is 16.1 Å². The molecule has 0 bridgehead atoms. The minimum Gasteiger partial charge on any atom is -0.298 e. The molecule has 0 spiro atoms. The Labute approximate surface area is 111 Å². The molecule has 6 heteroatoms. The van der Waals surface area contributed by atoms with Gasteiger partial charge in [0.05, 0.1) is 23.2 Å². The summed E-state index contributed by atoms with van der Waals surface area (Å²) in [5, 5.41) is 3.98. The lowest BCUT2D eigenvalue weighted by atomic mass is 10.3. The van der Waals surface area contributed by atoms with Gasteiger partial charge in [-0.25, -0.2) is 13.1 Å². The Hall–Kier alpha value is -1.95. The highest BCUT2D eigenvalue weighted by molar-refractivity contribution is 7.91. The van der Waals surface area contributed by atoms with Crippen molar-refractivity contribution in [2.24, 2.45) is 0 Å². The fourth-order valence-electron chi connectivity index (χ4n) is 1.86. The Morgan fingerprint density at radius 3 is 2.53 bits per heavy atom. The van der Waals surface area contributed by atoms with Crippen LogP contribution < -0.4 is 0 Å². The molecule has 0 radical (unpaired) electrons. The minimum absolute atomic E-state index is 0.00757. The molecule has 0 unspecified atom stereocenters. The number of para-hydroxylation sites is 1. The molecule has 19 heavy (non-hydrogen) atoms. The highest BCUT2D eigenvalue weighted by Crippen LogP contribution is 2.20. The van der Waals surface area contributed by atoms with E-state index in [0.717, 1.165) is 0 Å². The Kier molecular flexibility index (Phi) is 3.80. The van der Waals surface area contributed by atoms with Gasteiger partial charge in [0, 0.05) is 0 Å². The maximum absolute atomic E-state index is 12.2. The average molecular weight is 278 g/mol. The van der Waals surface area contributed by atoms with Crippen molar-refractivity contribution in [1.82, 2.24) is 9.78 Å². The van der Waals surface area contributed by atoms with E-state index in [4.69, 9.17) is 0 Å². The van der Waals surface area contributed by atoms with Gasteiger partial charge < -0.3 is 0 Å². The summed E-state index contributed by atoms with van der Waals surface area (Å²) in [5.41, 5.74) is 0.711. The van der Waals surface area contributed by atoms with Crippen LogP contribution in [0.1, 0.15) is 23.7 Å². The lowest BCUT2D eigenvalue weighted by Gasteiger charge is -2.08. The molecule has 2 rings (SSSR count). The average Bonchev–Trinajstić information content (AvgIpc) is 2.84. The van der Waals surface area contributed by atoms with Crippen molar-refractivity contribution in [3.05, 3.63) is 42.1 Å². The number of carbonyl (C=O) groups excluding carboxylic acids is 1. The third kappa shape index (κ3) is 2.58. The van der Waals surface area contributed by atoms with Crippen LogP contribution in [0.3, 0.4) is 0 Å². The lowest BCUT2D eigenvalue weighted by molar-refractivity contribution is 0.112. The van der Waals surface area contributed by atoms with Gasteiger partial charge in [0.1, 0.15) is 0 Å². The van der Waals surface area contributed by atoms with Crippen LogP contribution >= 0.6 is 0 Å². The highest BCUT2D eigenvalue weighted by atomic mass is 32.2. The summed E-state index contributed by atoms with van der Waals surface area (Å²) in [6.07, 6.45) is 2.29. The van der Waals surface area contributed by atoms with Crippen molar-refractivity contribution in [1.29, 1.82) is 0 Å². The van der Waals surface area contributed by atoms with Gasteiger partial charge in [-0.15, -0.1) is 0 Å². The molecule has 1 aromatic heterocycles. The van der Waals surface area contributed by atoms with E-state index in [9.17, 15) is 13.2 Å². The standard InChI is InChI=1S/C13H14N2O3S/c1-2-8-19(17,18)13-11(10-16)9-14-15(13)12-6-4-3-5-7-12/h3-7,9-10H,2,8H2,1H3. The van der Waals surface area contributed by atoms with E-state index in [1.165, 1.54) is 10.9 Å². The van der Waals surface area contributed by atoms with Gasteiger partial charge in [0.2, 0.25) is 0 Å². The molecule has 0 amide bonds. The van der Waals surface area contributed by atoms with E-state index in [2.05, 4.69) is 5.10 Å². The normalized spacial score (nSPS) is 11.4. The van der Waals surface area contributed by atoms with Gasteiger partial charge in [-0.05, 0) is 18.6 Å². The van der Waals surface area contributed by atoms with Gasteiger partial charge in [0.25, 0.3) is 0 Å². The molecule has 1 heterocycles. The Bertz CT molecular complexity index is 675. The van der Waals surface area contributed by atoms with E-state index < -0.39 is 9.84 Å². The van der Waals surface area contributed by atoms with Crippen LogP contribution in [0.4, 0.5) is 0 Å². The van der Waals surface area contributed by atoms with Gasteiger partial charge in [-0.3, -0.25) is 4.79 Å². The number of nitrogens with zero attached hydrogens (tertiary/aromatic N) is 2. The minimum atomic E-state index is -3.52. The SMILES string of the molecule is CCCS(=O)(=O)c1c(C=O)cnn1-c1ccccc1. The van der Waals surface area contributed by atoms with Crippen molar-refractivity contribution in [3.8, 4) is 5.69 Å². The summed E-state index contributed by atoms with van der Waals surface area (Å²) in [6, 6.07) is 8.88. The molecule has 0 aliphatic rings. The van der Waals surface area contributed by atoms with Crippen LogP contribution in [-0.4, -0.2) is 30.2 Å². The summed E-state index contributed by atoms with van der Waals surface area (Å²) in [6.45, 7) is 1.78. The predicted octanol–water partition coefficient (Wildman–Crippen LogP) is 1.87. The second-order valence-electron chi connectivity index (χ2n) is 4.09. The first-order chi connectivity index (χ1) is 9.10. The molecule has 2 aromatic rings.